The smallest absolute Gasteiger partial charge is 0.322 e. The van der Waals surface area contributed by atoms with Crippen LogP contribution in [-0.2, 0) is 19.1 Å². The molecule has 1 N–H and O–H groups in total. The van der Waals surface area contributed by atoms with E-state index in [1.165, 1.54) is 5.01 Å². The van der Waals surface area contributed by atoms with Crippen LogP contribution in [0.5, 0.6) is 0 Å². The van der Waals surface area contributed by atoms with Gasteiger partial charge < -0.3 is 9.53 Å². The Bertz CT molecular complexity index is 620. The standard InChI is InChI=1S/C20H28N2O4/c1-5-18(24)22(21-14-19(25)26-20(2,3)4)17(15-23)13-9-12-16-10-7-6-8-11-16/h6-12,15,17,21H,5,13-14H2,1-4H3/t17-/m0/s1. The molecule has 0 radical (unpaired) electrons. The summed E-state index contributed by atoms with van der Waals surface area (Å²) >= 11 is 0. The number of benzene rings is 1. The molecule has 0 aliphatic rings. The van der Waals surface area contributed by atoms with Crippen molar-refractivity contribution >= 4 is 24.2 Å². The zero-order chi connectivity index (χ0) is 19.6. The van der Waals surface area contributed by atoms with Crippen LogP contribution in [0, 0.1) is 0 Å². The number of amides is 1. The molecule has 0 saturated carbocycles. The molecule has 0 unspecified atom stereocenters. The number of carbonyl (C=O) groups excluding carboxylic acids is 3. The molecule has 0 fully saturated rings. The average molecular weight is 360 g/mol. The number of esters is 1. The highest BCUT2D eigenvalue weighted by Gasteiger charge is 2.23. The zero-order valence-electron chi connectivity index (χ0n) is 15.9. The number of aldehydes is 1. The van der Waals surface area contributed by atoms with Crippen molar-refractivity contribution in [2.24, 2.45) is 0 Å². The van der Waals surface area contributed by atoms with Crippen molar-refractivity contribution in [1.82, 2.24) is 10.4 Å². The number of hydrogen-bond acceptors (Lipinski definition) is 5. The molecule has 1 rings (SSSR count). The Balaban J connectivity index is 2.72. The number of nitrogens with zero attached hydrogens (tertiary/aromatic N) is 1. The average Bonchev–Trinajstić information content (AvgIpc) is 2.59. The van der Waals surface area contributed by atoms with Gasteiger partial charge in [-0.05, 0) is 32.8 Å². The molecule has 0 heterocycles. The Labute approximate surface area is 155 Å². The van der Waals surface area contributed by atoms with E-state index in [2.05, 4.69) is 5.43 Å². The summed E-state index contributed by atoms with van der Waals surface area (Å²) < 4.78 is 5.21. The molecule has 1 aromatic rings. The van der Waals surface area contributed by atoms with Crippen LogP contribution in [0.15, 0.2) is 36.4 Å². The second-order valence-corrected chi connectivity index (χ2v) is 6.79. The topological polar surface area (TPSA) is 75.7 Å². The summed E-state index contributed by atoms with van der Waals surface area (Å²) in [6.45, 7) is 6.81. The van der Waals surface area contributed by atoms with Gasteiger partial charge >= 0.3 is 5.97 Å². The van der Waals surface area contributed by atoms with Crippen molar-refractivity contribution in [1.29, 1.82) is 0 Å². The minimum Gasteiger partial charge on any atom is -0.459 e. The van der Waals surface area contributed by atoms with E-state index >= 15 is 0 Å². The predicted molar refractivity (Wildman–Crippen MR) is 101 cm³/mol. The lowest BCUT2D eigenvalue weighted by Gasteiger charge is -2.28. The molecule has 0 bridgehead atoms. The van der Waals surface area contributed by atoms with Gasteiger partial charge in [-0.1, -0.05) is 49.4 Å². The van der Waals surface area contributed by atoms with Gasteiger partial charge in [-0.3, -0.25) is 14.6 Å². The highest BCUT2D eigenvalue weighted by molar-refractivity contribution is 5.80. The minimum absolute atomic E-state index is 0.185. The zero-order valence-corrected chi connectivity index (χ0v) is 15.9. The maximum atomic E-state index is 12.2. The molecule has 0 aliphatic carbocycles. The maximum absolute atomic E-state index is 12.2. The third kappa shape index (κ3) is 8.07. The number of ether oxygens (including phenoxy) is 1. The van der Waals surface area contributed by atoms with Crippen molar-refractivity contribution in [3.63, 3.8) is 0 Å². The van der Waals surface area contributed by atoms with Crippen LogP contribution < -0.4 is 5.43 Å². The second kappa shape index (κ2) is 10.5. The predicted octanol–water partition coefficient (Wildman–Crippen LogP) is 2.74. The van der Waals surface area contributed by atoms with E-state index in [1.54, 1.807) is 27.7 Å². The van der Waals surface area contributed by atoms with Gasteiger partial charge in [0, 0.05) is 6.42 Å². The third-order valence-corrected chi connectivity index (χ3v) is 3.36. The monoisotopic (exact) mass is 360 g/mol. The summed E-state index contributed by atoms with van der Waals surface area (Å²) in [6.07, 6.45) is 4.98. The van der Waals surface area contributed by atoms with E-state index in [-0.39, 0.29) is 18.9 Å². The molecule has 0 saturated heterocycles. The lowest BCUT2D eigenvalue weighted by molar-refractivity contribution is -0.156. The lowest BCUT2D eigenvalue weighted by atomic mass is 10.1. The molecule has 1 aromatic carbocycles. The van der Waals surface area contributed by atoms with E-state index in [1.807, 2.05) is 42.5 Å². The van der Waals surface area contributed by atoms with E-state index in [9.17, 15) is 14.4 Å². The quantitative estimate of drug-likeness (QED) is 0.416. The normalized spacial score (nSPS) is 12.6. The Kier molecular flexibility index (Phi) is 8.72. The molecular weight excluding hydrogens is 332 g/mol. The molecular formula is C20H28N2O4. The molecule has 142 valence electrons. The van der Waals surface area contributed by atoms with Crippen molar-refractivity contribution in [2.75, 3.05) is 6.54 Å². The fraction of sp³-hybridized carbons (Fsp3) is 0.450. The Hall–Kier alpha value is -2.47. The van der Waals surface area contributed by atoms with Gasteiger partial charge in [0.05, 0.1) is 0 Å². The summed E-state index contributed by atoms with van der Waals surface area (Å²) in [5, 5.41) is 1.21. The molecule has 6 heteroatoms. The summed E-state index contributed by atoms with van der Waals surface area (Å²) in [6, 6.07) is 8.96. The third-order valence-electron chi connectivity index (χ3n) is 3.36. The SMILES string of the molecule is CCC(=O)N(NCC(=O)OC(C)(C)C)[C@H](C=O)CC=Cc1ccccc1. The fourth-order valence-electron chi connectivity index (χ4n) is 2.22. The van der Waals surface area contributed by atoms with Crippen LogP contribution in [0.1, 0.15) is 46.1 Å². The fourth-order valence-corrected chi connectivity index (χ4v) is 2.22. The molecule has 6 nitrogen and oxygen atoms in total. The number of hydrazine groups is 1. The van der Waals surface area contributed by atoms with Crippen LogP contribution in [-0.4, -0.2) is 41.4 Å². The van der Waals surface area contributed by atoms with Crippen LogP contribution in [0.25, 0.3) is 6.08 Å². The highest BCUT2D eigenvalue weighted by atomic mass is 16.6. The van der Waals surface area contributed by atoms with Gasteiger partial charge in [0.2, 0.25) is 5.91 Å². The summed E-state index contributed by atoms with van der Waals surface area (Å²) in [5.41, 5.74) is 3.13. The molecule has 0 spiro atoms. The number of rotatable bonds is 9. The van der Waals surface area contributed by atoms with Crippen LogP contribution in [0.4, 0.5) is 0 Å². The Morgan fingerprint density at radius 2 is 1.88 bits per heavy atom. The molecule has 1 atom stereocenters. The Morgan fingerprint density at radius 1 is 1.23 bits per heavy atom. The van der Waals surface area contributed by atoms with E-state index in [4.69, 9.17) is 4.74 Å². The molecule has 1 amide bonds. The first-order valence-electron chi connectivity index (χ1n) is 8.71. The first-order valence-corrected chi connectivity index (χ1v) is 8.71. The van der Waals surface area contributed by atoms with E-state index in [0.717, 1.165) is 5.56 Å². The van der Waals surface area contributed by atoms with Crippen LogP contribution in [0.2, 0.25) is 0 Å². The van der Waals surface area contributed by atoms with Gasteiger partial charge in [-0.2, -0.15) is 0 Å². The molecule has 0 aliphatic heterocycles. The first-order chi connectivity index (χ1) is 12.3. The molecule has 0 aromatic heterocycles. The highest BCUT2D eigenvalue weighted by Crippen LogP contribution is 2.09. The van der Waals surface area contributed by atoms with Crippen molar-refractivity contribution < 1.29 is 19.1 Å². The van der Waals surface area contributed by atoms with Crippen molar-refractivity contribution in [3.8, 4) is 0 Å². The van der Waals surface area contributed by atoms with E-state index < -0.39 is 17.6 Å². The van der Waals surface area contributed by atoms with Gasteiger partial charge in [0.25, 0.3) is 0 Å². The summed E-state index contributed by atoms with van der Waals surface area (Å²) in [5.74, 6) is -0.755. The van der Waals surface area contributed by atoms with Crippen molar-refractivity contribution in [3.05, 3.63) is 42.0 Å². The largest absolute Gasteiger partial charge is 0.459 e. The van der Waals surface area contributed by atoms with Gasteiger partial charge in [-0.15, -0.1) is 0 Å². The number of carbonyl (C=O) groups is 3. The number of hydrogen-bond donors (Lipinski definition) is 1. The van der Waals surface area contributed by atoms with Gasteiger partial charge in [0.15, 0.2) is 0 Å². The second-order valence-electron chi connectivity index (χ2n) is 6.79. The first kappa shape index (κ1) is 21.6. The summed E-state index contributed by atoms with van der Waals surface area (Å²) in [4.78, 5) is 35.5. The molecule has 26 heavy (non-hydrogen) atoms. The summed E-state index contributed by atoms with van der Waals surface area (Å²) in [7, 11) is 0. The number of nitrogens with one attached hydrogen (secondary N) is 1. The van der Waals surface area contributed by atoms with Gasteiger partial charge in [-0.25, -0.2) is 5.43 Å². The maximum Gasteiger partial charge on any atom is 0.322 e. The lowest BCUT2D eigenvalue weighted by Crippen LogP contribution is -2.52. The van der Waals surface area contributed by atoms with Crippen LogP contribution >= 0.6 is 0 Å². The van der Waals surface area contributed by atoms with Gasteiger partial charge in [0.1, 0.15) is 24.5 Å². The van der Waals surface area contributed by atoms with Crippen molar-refractivity contribution in [2.45, 2.75) is 52.2 Å². The minimum atomic E-state index is -0.704. The Morgan fingerprint density at radius 3 is 2.42 bits per heavy atom. The van der Waals surface area contributed by atoms with E-state index in [0.29, 0.717) is 12.7 Å². The van der Waals surface area contributed by atoms with Crippen LogP contribution in [0.3, 0.4) is 0 Å².